The van der Waals surface area contributed by atoms with Crippen molar-refractivity contribution in [2.24, 2.45) is 0 Å². The molecule has 0 aliphatic heterocycles. The Morgan fingerprint density at radius 3 is 2.43 bits per heavy atom. The standard InChI is InChI=1S/C17H20ClNO2/c1-12(19-2)14-6-9-16(17(10-14)20-3)21-11-13-4-7-15(18)8-5-13/h4-10,12,19H,11H2,1-3H3. The van der Waals surface area contributed by atoms with Gasteiger partial charge >= 0.3 is 0 Å². The Morgan fingerprint density at radius 1 is 1.10 bits per heavy atom. The van der Waals surface area contributed by atoms with E-state index in [0.717, 1.165) is 27.6 Å². The van der Waals surface area contributed by atoms with Gasteiger partial charge in [0.2, 0.25) is 0 Å². The van der Waals surface area contributed by atoms with E-state index in [2.05, 4.69) is 12.2 Å². The highest BCUT2D eigenvalue weighted by Gasteiger charge is 2.09. The molecular formula is C17H20ClNO2. The highest BCUT2D eigenvalue weighted by molar-refractivity contribution is 6.30. The fraction of sp³-hybridized carbons (Fsp3) is 0.294. The molecule has 21 heavy (non-hydrogen) atoms. The van der Waals surface area contributed by atoms with Crippen molar-refractivity contribution in [2.45, 2.75) is 19.6 Å². The van der Waals surface area contributed by atoms with Gasteiger partial charge in [-0.15, -0.1) is 0 Å². The Bertz CT molecular complexity index is 584. The minimum atomic E-state index is 0.268. The molecule has 0 saturated carbocycles. The SMILES string of the molecule is CNC(C)c1ccc(OCc2ccc(Cl)cc2)c(OC)c1. The van der Waals surface area contributed by atoms with Crippen LogP contribution >= 0.6 is 11.6 Å². The quantitative estimate of drug-likeness (QED) is 0.867. The lowest BCUT2D eigenvalue weighted by molar-refractivity contribution is 0.284. The number of nitrogens with one attached hydrogen (secondary N) is 1. The number of ether oxygens (including phenoxy) is 2. The normalized spacial score (nSPS) is 12.0. The summed E-state index contributed by atoms with van der Waals surface area (Å²) in [6.45, 7) is 2.58. The zero-order valence-corrected chi connectivity index (χ0v) is 13.3. The molecule has 1 unspecified atom stereocenters. The van der Waals surface area contributed by atoms with Crippen molar-refractivity contribution in [2.75, 3.05) is 14.2 Å². The first-order chi connectivity index (χ1) is 10.1. The first-order valence-electron chi connectivity index (χ1n) is 6.86. The molecule has 1 N–H and O–H groups in total. The Labute approximate surface area is 130 Å². The third-order valence-electron chi connectivity index (χ3n) is 3.43. The second kappa shape index (κ2) is 7.34. The van der Waals surface area contributed by atoms with Gasteiger partial charge < -0.3 is 14.8 Å². The van der Waals surface area contributed by atoms with Gasteiger partial charge in [0, 0.05) is 11.1 Å². The molecule has 1 atom stereocenters. The van der Waals surface area contributed by atoms with E-state index in [-0.39, 0.29) is 6.04 Å². The lowest BCUT2D eigenvalue weighted by atomic mass is 10.1. The molecule has 2 aromatic carbocycles. The largest absolute Gasteiger partial charge is 0.493 e. The van der Waals surface area contributed by atoms with E-state index in [1.165, 1.54) is 0 Å². The summed E-state index contributed by atoms with van der Waals surface area (Å²) >= 11 is 5.87. The van der Waals surface area contributed by atoms with Crippen LogP contribution in [0.5, 0.6) is 11.5 Å². The van der Waals surface area contributed by atoms with Crippen molar-refractivity contribution in [1.29, 1.82) is 0 Å². The molecule has 2 aromatic rings. The summed E-state index contributed by atoms with van der Waals surface area (Å²) in [6.07, 6.45) is 0. The molecule has 0 radical (unpaired) electrons. The number of benzene rings is 2. The average Bonchev–Trinajstić information content (AvgIpc) is 2.53. The molecule has 0 spiro atoms. The number of halogens is 1. The lowest BCUT2D eigenvalue weighted by Gasteiger charge is -2.15. The second-order valence-corrected chi connectivity index (χ2v) is 5.27. The van der Waals surface area contributed by atoms with Gasteiger partial charge in [-0.25, -0.2) is 0 Å². The van der Waals surface area contributed by atoms with E-state index in [1.807, 2.05) is 49.5 Å². The smallest absolute Gasteiger partial charge is 0.161 e. The maximum absolute atomic E-state index is 5.87. The molecule has 0 aliphatic rings. The first-order valence-corrected chi connectivity index (χ1v) is 7.24. The summed E-state index contributed by atoms with van der Waals surface area (Å²) in [4.78, 5) is 0. The van der Waals surface area contributed by atoms with Crippen molar-refractivity contribution in [3.05, 3.63) is 58.6 Å². The van der Waals surface area contributed by atoms with E-state index < -0.39 is 0 Å². The van der Waals surface area contributed by atoms with Crippen LogP contribution in [0.15, 0.2) is 42.5 Å². The van der Waals surface area contributed by atoms with Gasteiger partial charge in [-0.2, -0.15) is 0 Å². The maximum atomic E-state index is 5.87. The fourth-order valence-electron chi connectivity index (χ4n) is 1.98. The zero-order chi connectivity index (χ0) is 15.2. The summed E-state index contributed by atoms with van der Waals surface area (Å²) in [5, 5.41) is 3.93. The van der Waals surface area contributed by atoms with E-state index in [0.29, 0.717) is 6.61 Å². The van der Waals surface area contributed by atoms with Crippen LogP contribution in [0.1, 0.15) is 24.1 Å². The molecule has 0 aromatic heterocycles. The molecule has 0 bridgehead atoms. The minimum Gasteiger partial charge on any atom is -0.493 e. The van der Waals surface area contributed by atoms with Crippen molar-refractivity contribution < 1.29 is 9.47 Å². The summed E-state index contributed by atoms with van der Waals surface area (Å²) < 4.78 is 11.2. The highest BCUT2D eigenvalue weighted by Crippen LogP contribution is 2.30. The Hall–Kier alpha value is -1.71. The first kappa shape index (κ1) is 15.7. The number of methoxy groups -OCH3 is 1. The molecule has 0 amide bonds. The van der Waals surface area contributed by atoms with Crippen molar-refractivity contribution in [1.82, 2.24) is 5.32 Å². The maximum Gasteiger partial charge on any atom is 0.161 e. The van der Waals surface area contributed by atoms with Crippen LogP contribution in [0.3, 0.4) is 0 Å². The predicted octanol–water partition coefficient (Wildman–Crippen LogP) is 4.21. The highest BCUT2D eigenvalue weighted by atomic mass is 35.5. The Morgan fingerprint density at radius 2 is 1.81 bits per heavy atom. The van der Waals surface area contributed by atoms with E-state index in [1.54, 1.807) is 7.11 Å². The summed E-state index contributed by atoms with van der Waals surface area (Å²) in [5.74, 6) is 1.48. The molecule has 0 fully saturated rings. The van der Waals surface area contributed by atoms with Gasteiger partial charge in [-0.3, -0.25) is 0 Å². The second-order valence-electron chi connectivity index (χ2n) is 4.84. The van der Waals surface area contributed by atoms with Gasteiger partial charge in [-0.05, 0) is 49.4 Å². The summed E-state index contributed by atoms with van der Waals surface area (Å²) in [5.41, 5.74) is 2.22. The average molecular weight is 306 g/mol. The number of hydrogen-bond acceptors (Lipinski definition) is 3. The molecule has 112 valence electrons. The number of rotatable bonds is 6. The topological polar surface area (TPSA) is 30.5 Å². The van der Waals surface area contributed by atoms with Gasteiger partial charge in [0.15, 0.2) is 11.5 Å². The fourth-order valence-corrected chi connectivity index (χ4v) is 2.11. The van der Waals surface area contributed by atoms with E-state index in [9.17, 15) is 0 Å². The molecule has 0 heterocycles. The third-order valence-corrected chi connectivity index (χ3v) is 3.68. The molecule has 0 saturated heterocycles. The zero-order valence-electron chi connectivity index (χ0n) is 12.5. The van der Waals surface area contributed by atoms with Crippen molar-refractivity contribution in [3.63, 3.8) is 0 Å². The summed E-state index contributed by atoms with van der Waals surface area (Å²) in [6, 6.07) is 13.9. The van der Waals surface area contributed by atoms with Gasteiger partial charge in [0.05, 0.1) is 7.11 Å². The molecule has 4 heteroatoms. The minimum absolute atomic E-state index is 0.268. The van der Waals surface area contributed by atoms with Crippen LogP contribution in [0, 0.1) is 0 Å². The van der Waals surface area contributed by atoms with E-state index in [4.69, 9.17) is 21.1 Å². The Kier molecular flexibility index (Phi) is 5.48. The van der Waals surface area contributed by atoms with Gasteiger partial charge in [0.1, 0.15) is 6.61 Å². The van der Waals surface area contributed by atoms with Crippen molar-refractivity contribution >= 4 is 11.6 Å². The monoisotopic (exact) mass is 305 g/mol. The summed E-state index contributed by atoms with van der Waals surface area (Å²) in [7, 11) is 3.58. The van der Waals surface area contributed by atoms with Crippen LogP contribution in [0.25, 0.3) is 0 Å². The van der Waals surface area contributed by atoms with Gasteiger partial charge in [-0.1, -0.05) is 29.8 Å². The molecular weight excluding hydrogens is 286 g/mol. The van der Waals surface area contributed by atoms with Crippen LogP contribution < -0.4 is 14.8 Å². The lowest BCUT2D eigenvalue weighted by Crippen LogP contribution is -2.12. The van der Waals surface area contributed by atoms with E-state index >= 15 is 0 Å². The van der Waals surface area contributed by atoms with Crippen LogP contribution in [0.2, 0.25) is 5.02 Å². The van der Waals surface area contributed by atoms with Crippen LogP contribution in [-0.4, -0.2) is 14.2 Å². The van der Waals surface area contributed by atoms with Gasteiger partial charge in [0.25, 0.3) is 0 Å². The molecule has 0 aliphatic carbocycles. The molecule has 2 rings (SSSR count). The number of hydrogen-bond donors (Lipinski definition) is 1. The van der Waals surface area contributed by atoms with Crippen LogP contribution in [-0.2, 0) is 6.61 Å². The predicted molar refractivity (Wildman–Crippen MR) is 86.3 cm³/mol. The molecule has 3 nitrogen and oxygen atoms in total. The van der Waals surface area contributed by atoms with Crippen LogP contribution in [0.4, 0.5) is 0 Å². The Balaban J connectivity index is 2.10. The van der Waals surface area contributed by atoms with Crippen molar-refractivity contribution in [3.8, 4) is 11.5 Å². The third kappa shape index (κ3) is 4.13.